The van der Waals surface area contributed by atoms with Crippen molar-refractivity contribution in [2.24, 2.45) is 0 Å². The average Bonchev–Trinajstić information content (AvgIpc) is 3.05. The summed E-state index contributed by atoms with van der Waals surface area (Å²) >= 11 is 0. The van der Waals surface area contributed by atoms with Crippen molar-refractivity contribution in [1.29, 1.82) is 0 Å². The standard InChI is InChI=1S/C19H14FN3/c1-13-10-21-19(18-8-3-2-7-17(13)18)23-12-15(11-22-23)14-5-4-6-16(20)9-14/h2-12H,1H3. The Kier molecular flexibility index (Phi) is 3.15. The van der Waals surface area contributed by atoms with Gasteiger partial charge in [-0.1, -0.05) is 36.4 Å². The molecule has 4 heteroatoms. The normalized spacial score (nSPS) is 11.0. The van der Waals surface area contributed by atoms with Gasteiger partial charge in [-0.15, -0.1) is 0 Å². The zero-order chi connectivity index (χ0) is 15.8. The zero-order valence-electron chi connectivity index (χ0n) is 12.6. The molecule has 0 aliphatic rings. The smallest absolute Gasteiger partial charge is 0.161 e. The summed E-state index contributed by atoms with van der Waals surface area (Å²) in [5.74, 6) is 0.517. The SMILES string of the molecule is Cc1cnc(-n2cc(-c3cccc(F)c3)cn2)c2ccccc12. The lowest BCUT2D eigenvalue weighted by atomic mass is 10.1. The Hall–Kier alpha value is -3.01. The highest BCUT2D eigenvalue weighted by atomic mass is 19.1. The molecule has 0 atom stereocenters. The van der Waals surface area contributed by atoms with Crippen molar-refractivity contribution in [3.63, 3.8) is 0 Å². The second kappa shape index (κ2) is 5.32. The molecular formula is C19H14FN3. The first-order valence-electron chi connectivity index (χ1n) is 7.38. The Morgan fingerprint density at radius 2 is 1.74 bits per heavy atom. The van der Waals surface area contributed by atoms with Crippen molar-refractivity contribution >= 4 is 10.8 Å². The molecule has 0 radical (unpaired) electrons. The maximum Gasteiger partial charge on any atom is 0.161 e. The third-order valence-corrected chi connectivity index (χ3v) is 3.93. The highest BCUT2D eigenvalue weighted by molar-refractivity contribution is 5.90. The van der Waals surface area contributed by atoms with E-state index in [0.717, 1.165) is 33.3 Å². The Morgan fingerprint density at radius 1 is 0.913 bits per heavy atom. The summed E-state index contributed by atoms with van der Waals surface area (Å²) in [4.78, 5) is 4.53. The number of pyridine rings is 1. The van der Waals surface area contributed by atoms with Crippen LogP contribution in [-0.2, 0) is 0 Å². The maximum absolute atomic E-state index is 13.4. The van der Waals surface area contributed by atoms with E-state index in [9.17, 15) is 4.39 Å². The van der Waals surface area contributed by atoms with E-state index < -0.39 is 0 Å². The number of aryl methyl sites for hydroxylation is 1. The first-order chi connectivity index (χ1) is 11.2. The summed E-state index contributed by atoms with van der Waals surface area (Å²) in [6.45, 7) is 2.04. The van der Waals surface area contributed by atoms with E-state index in [1.807, 2.05) is 43.6 Å². The zero-order valence-corrected chi connectivity index (χ0v) is 12.6. The highest BCUT2D eigenvalue weighted by Gasteiger charge is 2.09. The van der Waals surface area contributed by atoms with E-state index in [1.54, 1.807) is 16.9 Å². The fourth-order valence-corrected chi connectivity index (χ4v) is 2.76. The molecule has 2 aromatic heterocycles. The molecule has 0 saturated carbocycles. The number of benzene rings is 2. The van der Waals surface area contributed by atoms with Gasteiger partial charge in [-0.2, -0.15) is 5.10 Å². The Morgan fingerprint density at radius 3 is 2.57 bits per heavy atom. The van der Waals surface area contributed by atoms with E-state index in [0.29, 0.717) is 0 Å². The van der Waals surface area contributed by atoms with Crippen LogP contribution in [0.4, 0.5) is 4.39 Å². The minimum atomic E-state index is -0.255. The third-order valence-electron chi connectivity index (χ3n) is 3.93. The summed E-state index contributed by atoms with van der Waals surface area (Å²) in [6, 6.07) is 14.6. The van der Waals surface area contributed by atoms with Gasteiger partial charge in [-0.3, -0.25) is 0 Å². The Labute approximate surface area is 133 Å². The summed E-state index contributed by atoms with van der Waals surface area (Å²) in [5.41, 5.74) is 2.78. The average molecular weight is 303 g/mol. The topological polar surface area (TPSA) is 30.7 Å². The fraction of sp³-hybridized carbons (Fsp3) is 0.0526. The van der Waals surface area contributed by atoms with E-state index in [4.69, 9.17) is 0 Å². The molecule has 3 nitrogen and oxygen atoms in total. The minimum absolute atomic E-state index is 0.255. The van der Waals surface area contributed by atoms with Crippen LogP contribution in [0.15, 0.2) is 67.1 Å². The van der Waals surface area contributed by atoms with Gasteiger partial charge in [0.25, 0.3) is 0 Å². The molecule has 0 fully saturated rings. The number of rotatable bonds is 2. The lowest BCUT2D eigenvalue weighted by Gasteiger charge is -2.07. The van der Waals surface area contributed by atoms with E-state index in [-0.39, 0.29) is 5.82 Å². The van der Waals surface area contributed by atoms with Gasteiger partial charge in [0.05, 0.1) is 6.20 Å². The second-order valence-electron chi connectivity index (χ2n) is 5.49. The van der Waals surface area contributed by atoms with E-state index in [2.05, 4.69) is 16.1 Å². The van der Waals surface area contributed by atoms with Crippen LogP contribution >= 0.6 is 0 Å². The van der Waals surface area contributed by atoms with Crippen LogP contribution in [-0.4, -0.2) is 14.8 Å². The number of halogens is 1. The monoisotopic (exact) mass is 303 g/mol. The quantitative estimate of drug-likeness (QED) is 0.544. The second-order valence-corrected chi connectivity index (χ2v) is 5.49. The van der Waals surface area contributed by atoms with Gasteiger partial charge < -0.3 is 0 Å². The van der Waals surface area contributed by atoms with Crippen LogP contribution in [0.2, 0.25) is 0 Å². The molecule has 4 rings (SSSR count). The van der Waals surface area contributed by atoms with Gasteiger partial charge in [0, 0.05) is 23.3 Å². The van der Waals surface area contributed by atoms with Gasteiger partial charge in [0.15, 0.2) is 5.82 Å². The van der Waals surface area contributed by atoms with Crippen LogP contribution in [0, 0.1) is 12.7 Å². The van der Waals surface area contributed by atoms with Gasteiger partial charge >= 0.3 is 0 Å². The molecule has 2 aromatic carbocycles. The molecule has 0 amide bonds. The van der Waals surface area contributed by atoms with Gasteiger partial charge in [-0.05, 0) is 35.6 Å². The summed E-state index contributed by atoms with van der Waals surface area (Å²) < 4.78 is 15.1. The number of hydrogen-bond donors (Lipinski definition) is 0. The number of fused-ring (bicyclic) bond motifs is 1. The predicted octanol–water partition coefficient (Wildman–Crippen LogP) is 4.54. The molecule has 0 spiro atoms. The molecule has 112 valence electrons. The molecule has 0 N–H and O–H groups in total. The molecule has 4 aromatic rings. The molecular weight excluding hydrogens is 289 g/mol. The fourth-order valence-electron chi connectivity index (χ4n) is 2.76. The van der Waals surface area contributed by atoms with Crippen molar-refractivity contribution in [3.05, 3.63) is 78.5 Å². The Balaban J connectivity index is 1.85. The van der Waals surface area contributed by atoms with Gasteiger partial charge in [-0.25, -0.2) is 14.1 Å². The van der Waals surface area contributed by atoms with Crippen LogP contribution < -0.4 is 0 Å². The van der Waals surface area contributed by atoms with Crippen molar-refractivity contribution in [3.8, 4) is 16.9 Å². The van der Waals surface area contributed by atoms with Crippen molar-refractivity contribution < 1.29 is 4.39 Å². The van der Waals surface area contributed by atoms with E-state index in [1.165, 1.54) is 12.1 Å². The maximum atomic E-state index is 13.4. The van der Waals surface area contributed by atoms with Crippen molar-refractivity contribution in [2.45, 2.75) is 6.92 Å². The first kappa shape index (κ1) is 13.6. The van der Waals surface area contributed by atoms with Crippen molar-refractivity contribution in [1.82, 2.24) is 14.8 Å². The van der Waals surface area contributed by atoms with Crippen molar-refractivity contribution in [2.75, 3.05) is 0 Å². The third kappa shape index (κ3) is 2.38. The molecule has 0 unspecified atom stereocenters. The van der Waals surface area contributed by atoms with Crippen LogP contribution in [0.1, 0.15) is 5.56 Å². The summed E-state index contributed by atoms with van der Waals surface area (Å²) in [6.07, 6.45) is 5.45. The van der Waals surface area contributed by atoms with Gasteiger partial charge in [0.1, 0.15) is 5.82 Å². The summed E-state index contributed by atoms with van der Waals surface area (Å²) in [7, 11) is 0. The molecule has 2 heterocycles. The minimum Gasteiger partial charge on any atom is -0.236 e. The van der Waals surface area contributed by atoms with Crippen LogP contribution in [0.3, 0.4) is 0 Å². The van der Waals surface area contributed by atoms with E-state index >= 15 is 0 Å². The lowest BCUT2D eigenvalue weighted by molar-refractivity contribution is 0.628. The summed E-state index contributed by atoms with van der Waals surface area (Å²) in [5, 5.41) is 6.60. The van der Waals surface area contributed by atoms with Gasteiger partial charge in [0.2, 0.25) is 0 Å². The number of nitrogens with zero attached hydrogens (tertiary/aromatic N) is 3. The largest absolute Gasteiger partial charge is 0.236 e. The molecule has 0 aliphatic carbocycles. The van der Waals surface area contributed by atoms with Crippen LogP contribution in [0.5, 0.6) is 0 Å². The predicted molar refractivity (Wildman–Crippen MR) is 89.0 cm³/mol. The molecule has 23 heavy (non-hydrogen) atoms. The number of aromatic nitrogens is 3. The molecule has 0 aliphatic heterocycles. The highest BCUT2D eigenvalue weighted by Crippen LogP contribution is 2.25. The molecule has 0 bridgehead atoms. The molecule has 0 saturated heterocycles. The van der Waals surface area contributed by atoms with Crippen LogP contribution in [0.25, 0.3) is 27.7 Å². The lowest BCUT2D eigenvalue weighted by Crippen LogP contribution is -1.99. The Bertz CT molecular complexity index is 1000. The first-order valence-corrected chi connectivity index (χ1v) is 7.38. The number of hydrogen-bond acceptors (Lipinski definition) is 2.